The summed E-state index contributed by atoms with van der Waals surface area (Å²) in [6, 6.07) is 0. The second kappa shape index (κ2) is 4.21. The SMILES string of the molecule is CC(C)CC(C)(CN)n1cncc1C1CC1. The molecule has 1 fully saturated rings. The molecule has 0 aromatic carbocycles. The van der Waals surface area contributed by atoms with Crippen LogP contribution in [0.15, 0.2) is 12.5 Å². The molecular formula is C13H23N3. The van der Waals surface area contributed by atoms with Crippen molar-refractivity contribution >= 4 is 0 Å². The van der Waals surface area contributed by atoms with Crippen LogP contribution in [0.5, 0.6) is 0 Å². The molecule has 1 aromatic rings. The molecule has 0 amide bonds. The lowest BCUT2D eigenvalue weighted by molar-refractivity contribution is 0.258. The van der Waals surface area contributed by atoms with Gasteiger partial charge >= 0.3 is 0 Å². The summed E-state index contributed by atoms with van der Waals surface area (Å²) in [6.07, 6.45) is 7.72. The summed E-state index contributed by atoms with van der Waals surface area (Å²) in [5.74, 6) is 1.39. The Hall–Kier alpha value is -0.830. The van der Waals surface area contributed by atoms with E-state index in [2.05, 4.69) is 30.3 Å². The second-order valence-electron chi connectivity index (χ2n) is 5.76. The highest BCUT2D eigenvalue weighted by molar-refractivity contribution is 5.15. The molecule has 1 unspecified atom stereocenters. The van der Waals surface area contributed by atoms with Gasteiger partial charge in [0.1, 0.15) is 0 Å². The molecule has 1 aliphatic carbocycles. The van der Waals surface area contributed by atoms with Crippen LogP contribution < -0.4 is 5.73 Å². The van der Waals surface area contributed by atoms with Crippen LogP contribution in [0, 0.1) is 5.92 Å². The van der Waals surface area contributed by atoms with E-state index < -0.39 is 0 Å². The number of aromatic nitrogens is 2. The van der Waals surface area contributed by atoms with Crippen LogP contribution in [0.1, 0.15) is 51.6 Å². The standard InChI is InChI=1S/C13H23N3/c1-10(2)6-13(3,8-14)16-9-15-7-12(16)11-4-5-11/h7,9-11H,4-6,8,14H2,1-3H3. The Morgan fingerprint density at radius 2 is 2.25 bits per heavy atom. The quantitative estimate of drug-likeness (QED) is 0.830. The fourth-order valence-corrected chi connectivity index (χ4v) is 2.60. The van der Waals surface area contributed by atoms with E-state index in [-0.39, 0.29) is 5.54 Å². The lowest BCUT2D eigenvalue weighted by Gasteiger charge is -2.33. The average molecular weight is 221 g/mol. The van der Waals surface area contributed by atoms with Gasteiger partial charge in [0.2, 0.25) is 0 Å². The number of rotatable bonds is 5. The van der Waals surface area contributed by atoms with Crippen molar-refractivity contribution in [2.45, 2.75) is 51.5 Å². The molecular weight excluding hydrogens is 198 g/mol. The third-order valence-corrected chi connectivity index (χ3v) is 3.53. The van der Waals surface area contributed by atoms with Crippen LogP contribution >= 0.6 is 0 Å². The first-order chi connectivity index (χ1) is 7.57. The van der Waals surface area contributed by atoms with E-state index >= 15 is 0 Å². The zero-order valence-electron chi connectivity index (χ0n) is 10.6. The summed E-state index contributed by atoms with van der Waals surface area (Å²) in [4.78, 5) is 4.31. The van der Waals surface area contributed by atoms with E-state index in [9.17, 15) is 0 Å². The maximum atomic E-state index is 5.99. The average Bonchev–Trinajstić information content (AvgIpc) is 2.94. The third kappa shape index (κ3) is 2.14. The molecule has 1 aliphatic rings. The highest BCUT2D eigenvalue weighted by atomic mass is 15.1. The maximum absolute atomic E-state index is 5.99. The molecule has 2 N–H and O–H groups in total. The van der Waals surface area contributed by atoms with Crippen LogP contribution in [0.25, 0.3) is 0 Å². The Morgan fingerprint density at radius 1 is 1.56 bits per heavy atom. The maximum Gasteiger partial charge on any atom is 0.0953 e. The van der Waals surface area contributed by atoms with Crippen molar-refractivity contribution in [3.05, 3.63) is 18.2 Å². The van der Waals surface area contributed by atoms with E-state index in [0.717, 1.165) is 12.3 Å². The molecule has 0 aliphatic heterocycles. The molecule has 1 atom stereocenters. The van der Waals surface area contributed by atoms with Crippen LogP contribution in [0.3, 0.4) is 0 Å². The van der Waals surface area contributed by atoms with E-state index in [0.29, 0.717) is 12.5 Å². The van der Waals surface area contributed by atoms with Crippen molar-refractivity contribution in [1.29, 1.82) is 0 Å². The Kier molecular flexibility index (Phi) is 3.06. The largest absolute Gasteiger partial charge is 0.328 e. The van der Waals surface area contributed by atoms with Crippen molar-refractivity contribution in [1.82, 2.24) is 9.55 Å². The molecule has 1 saturated carbocycles. The highest BCUT2D eigenvalue weighted by Crippen LogP contribution is 2.42. The number of imidazole rings is 1. The Balaban J connectivity index is 2.27. The van der Waals surface area contributed by atoms with E-state index in [1.807, 2.05) is 12.5 Å². The van der Waals surface area contributed by atoms with Gasteiger partial charge in [0.15, 0.2) is 0 Å². The Morgan fingerprint density at radius 3 is 2.75 bits per heavy atom. The summed E-state index contributed by atoms with van der Waals surface area (Å²) >= 11 is 0. The highest BCUT2D eigenvalue weighted by Gasteiger charge is 2.33. The van der Waals surface area contributed by atoms with Gasteiger partial charge in [-0.2, -0.15) is 0 Å². The van der Waals surface area contributed by atoms with Crippen molar-refractivity contribution in [3.8, 4) is 0 Å². The summed E-state index contributed by atoms with van der Waals surface area (Å²) < 4.78 is 2.32. The minimum Gasteiger partial charge on any atom is -0.328 e. The lowest BCUT2D eigenvalue weighted by atomic mass is 9.90. The summed E-state index contributed by atoms with van der Waals surface area (Å²) in [5, 5.41) is 0. The molecule has 3 heteroatoms. The van der Waals surface area contributed by atoms with Crippen molar-refractivity contribution in [2.75, 3.05) is 6.54 Å². The molecule has 1 aromatic heterocycles. The van der Waals surface area contributed by atoms with Gasteiger partial charge in [-0.15, -0.1) is 0 Å². The monoisotopic (exact) mass is 221 g/mol. The fraction of sp³-hybridized carbons (Fsp3) is 0.769. The zero-order chi connectivity index (χ0) is 11.8. The molecule has 3 nitrogen and oxygen atoms in total. The Labute approximate surface area is 98.1 Å². The topological polar surface area (TPSA) is 43.8 Å². The van der Waals surface area contributed by atoms with Gasteiger partial charge in [-0.25, -0.2) is 4.98 Å². The van der Waals surface area contributed by atoms with Gasteiger partial charge in [0.25, 0.3) is 0 Å². The molecule has 0 spiro atoms. The minimum atomic E-state index is 0.0303. The number of nitrogens with zero attached hydrogens (tertiary/aromatic N) is 2. The first-order valence-corrected chi connectivity index (χ1v) is 6.29. The summed E-state index contributed by atoms with van der Waals surface area (Å²) in [5.41, 5.74) is 7.40. The number of nitrogens with two attached hydrogens (primary N) is 1. The van der Waals surface area contributed by atoms with Gasteiger partial charge in [-0.05, 0) is 32.1 Å². The first-order valence-electron chi connectivity index (χ1n) is 6.29. The fourth-order valence-electron chi connectivity index (χ4n) is 2.60. The molecule has 1 heterocycles. The lowest BCUT2D eigenvalue weighted by Crippen LogP contribution is -2.40. The van der Waals surface area contributed by atoms with Gasteiger partial charge in [-0.1, -0.05) is 13.8 Å². The second-order valence-corrected chi connectivity index (χ2v) is 5.76. The van der Waals surface area contributed by atoms with Gasteiger partial charge in [-0.3, -0.25) is 0 Å². The molecule has 0 radical (unpaired) electrons. The first kappa shape index (κ1) is 11.6. The van der Waals surface area contributed by atoms with Gasteiger partial charge in [0.05, 0.1) is 11.9 Å². The summed E-state index contributed by atoms with van der Waals surface area (Å²) in [7, 11) is 0. The van der Waals surface area contributed by atoms with Gasteiger partial charge < -0.3 is 10.3 Å². The molecule has 2 rings (SSSR count). The van der Waals surface area contributed by atoms with Gasteiger partial charge in [0, 0.05) is 24.4 Å². The molecule has 16 heavy (non-hydrogen) atoms. The van der Waals surface area contributed by atoms with Crippen LogP contribution in [-0.4, -0.2) is 16.1 Å². The van der Waals surface area contributed by atoms with Crippen LogP contribution in [0.4, 0.5) is 0 Å². The van der Waals surface area contributed by atoms with E-state index in [4.69, 9.17) is 5.73 Å². The van der Waals surface area contributed by atoms with Crippen LogP contribution in [0.2, 0.25) is 0 Å². The predicted octanol–water partition coefficient (Wildman–Crippen LogP) is 2.48. The Bertz CT molecular complexity index is 352. The van der Waals surface area contributed by atoms with Crippen molar-refractivity contribution < 1.29 is 0 Å². The van der Waals surface area contributed by atoms with Crippen molar-refractivity contribution in [2.24, 2.45) is 11.7 Å². The number of hydrogen-bond acceptors (Lipinski definition) is 2. The smallest absolute Gasteiger partial charge is 0.0953 e. The zero-order valence-corrected chi connectivity index (χ0v) is 10.6. The molecule has 0 saturated heterocycles. The minimum absolute atomic E-state index is 0.0303. The molecule has 90 valence electrons. The van der Waals surface area contributed by atoms with E-state index in [1.165, 1.54) is 18.5 Å². The van der Waals surface area contributed by atoms with E-state index in [1.54, 1.807) is 0 Å². The third-order valence-electron chi connectivity index (χ3n) is 3.53. The molecule has 0 bridgehead atoms. The number of hydrogen-bond donors (Lipinski definition) is 1. The van der Waals surface area contributed by atoms with Crippen LogP contribution in [-0.2, 0) is 5.54 Å². The normalized spacial score (nSPS) is 20.1. The summed E-state index contributed by atoms with van der Waals surface area (Å²) in [6.45, 7) is 7.44. The predicted molar refractivity (Wildman–Crippen MR) is 66.4 cm³/mol. The van der Waals surface area contributed by atoms with Crippen molar-refractivity contribution in [3.63, 3.8) is 0 Å².